The predicted octanol–water partition coefficient (Wildman–Crippen LogP) is 5.93. The first kappa shape index (κ1) is 19.2. The first-order valence-corrected chi connectivity index (χ1v) is 10.8. The molecule has 4 rings (SSSR count). The number of nitrogens with zero attached hydrogens (tertiary/aromatic N) is 2. The van der Waals surface area contributed by atoms with Gasteiger partial charge < -0.3 is 4.57 Å². The van der Waals surface area contributed by atoms with Crippen LogP contribution in [-0.4, -0.2) is 20.4 Å². The number of hydrogen-bond acceptors (Lipinski definition) is 5. The molecular weight excluding hydrogens is 410 g/mol. The highest BCUT2D eigenvalue weighted by Gasteiger charge is 2.38. The van der Waals surface area contributed by atoms with Crippen LogP contribution in [0.2, 0.25) is 5.02 Å². The van der Waals surface area contributed by atoms with Crippen molar-refractivity contribution in [2.45, 2.75) is 26.7 Å². The van der Waals surface area contributed by atoms with E-state index in [4.69, 9.17) is 17.0 Å². The lowest BCUT2D eigenvalue weighted by Gasteiger charge is -2.13. The van der Waals surface area contributed by atoms with Crippen LogP contribution in [0.3, 0.4) is 0 Å². The lowest BCUT2D eigenvalue weighted by molar-refractivity contribution is -0.114. The molecule has 0 saturated carbocycles. The molecule has 28 heavy (non-hydrogen) atoms. The predicted molar refractivity (Wildman–Crippen MR) is 118 cm³/mol. The van der Waals surface area contributed by atoms with E-state index in [-0.39, 0.29) is 5.78 Å². The molecule has 142 valence electrons. The average molecular weight is 428 g/mol. The first-order chi connectivity index (χ1) is 13.4. The van der Waals surface area contributed by atoms with Gasteiger partial charge >= 0.3 is 0 Å². The minimum Gasteiger partial charge on any atom is -0.318 e. The van der Waals surface area contributed by atoms with Crippen LogP contribution in [0.4, 0.5) is 0 Å². The van der Waals surface area contributed by atoms with Crippen LogP contribution in [-0.2, 0) is 4.79 Å². The molecule has 1 aromatic carbocycles. The quantitative estimate of drug-likeness (QED) is 0.527. The summed E-state index contributed by atoms with van der Waals surface area (Å²) < 4.78 is 2.15. The molecule has 0 unspecified atom stereocenters. The number of carbonyl (C=O) groups is 1. The smallest absolute Gasteiger partial charge is 0.186 e. The van der Waals surface area contributed by atoms with Gasteiger partial charge in [0.2, 0.25) is 0 Å². The number of rotatable bonds is 3. The maximum atomic E-state index is 12.9. The molecule has 0 spiro atoms. The average Bonchev–Trinajstić information content (AvgIpc) is 3.32. The summed E-state index contributed by atoms with van der Waals surface area (Å²) >= 11 is 8.96. The van der Waals surface area contributed by atoms with E-state index in [9.17, 15) is 4.79 Å². The summed E-state index contributed by atoms with van der Waals surface area (Å²) in [4.78, 5) is 17.7. The molecule has 0 bridgehead atoms. The Morgan fingerprint density at radius 3 is 2.79 bits per heavy atom. The molecule has 0 radical (unpaired) electrons. The normalized spacial score (nSPS) is 18.4. The van der Waals surface area contributed by atoms with Crippen molar-refractivity contribution >= 4 is 51.6 Å². The Kier molecular flexibility index (Phi) is 5.04. The van der Waals surface area contributed by atoms with Gasteiger partial charge in [0.1, 0.15) is 10.9 Å². The zero-order valence-electron chi connectivity index (χ0n) is 15.6. The van der Waals surface area contributed by atoms with Gasteiger partial charge in [-0.1, -0.05) is 29.4 Å². The van der Waals surface area contributed by atoms with Crippen molar-refractivity contribution in [3.63, 3.8) is 0 Å². The Bertz CT molecular complexity index is 1130. The van der Waals surface area contributed by atoms with Gasteiger partial charge in [0.15, 0.2) is 5.78 Å². The van der Waals surface area contributed by atoms with Crippen molar-refractivity contribution in [3.8, 4) is 5.69 Å². The number of nitrogens with one attached hydrogen (secondary N) is 1. The monoisotopic (exact) mass is 427 g/mol. The molecule has 2 aromatic heterocycles. The minimum atomic E-state index is -0.560. The van der Waals surface area contributed by atoms with Crippen molar-refractivity contribution in [1.29, 1.82) is 5.41 Å². The lowest BCUT2D eigenvalue weighted by atomic mass is 10.1. The zero-order valence-corrected chi connectivity index (χ0v) is 18.0. The third kappa shape index (κ3) is 3.15. The highest BCUT2D eigenvalue weighted by Crippen LogP contribution is 2.41. The number of Topliss-reactive ketones (excluding diaryl/α,β-unsaturated/α-hetero) is 1. The Morgan fingerprint density at radius 1 is 1.29 bits per heavy atom. The second-order valence-corrected chi connectivity index (χ2v) is 9.11. The van der Waals surface area contributed by atoms with E-state index in [0.29, 0.717) is 15.0 Å². The summed E-state index contributed by atoms with van der Waals surface area (Å²) in [5, 5.41) is 11.8. The van der Waals surface area contributed by atoms with Crippen molar-refractivity contribution in [3.05, 3.63) is 73.3 Å². The Hall–Kier alpha value is -2.15. The third-order valence-electron chi connectivity index (χ3n) is 4.92. The third-order valence-corrected chi connectivity index (χ3v) is 7.17. The molecule has 4 nitrogen and oxygen atoms in total. The molecule has 3 heterocycles. The van der Waals surface area contributed by atoms with Crippen molar-refractivity contribution < 1.29 is 4.79 Å². The van der Waals surface area contributed by atoms with Gasteiger partial charge in [-0.3, -0.25) is 10.2 Å². The molecule has 7 heteroatoms. The maximum Gasteiger partial charge on any atom is 0.186 e. The summed E-state index contributed by atoms with van der Waals surface area (Å²) in [7, 11) is 0. The van der Waals surface area contributed by atoms with Gasteiger partial charge in [0, 0.05) is 33.7 Å². The SMILES string of the molecule is Cc1c(Cl)cccc1-n1c(C)cc(/C=C2\SC(=N)[C@H](c3nccs3)C2=O)c1C. The summed E-state index contributed by atoms with van der Waals surface area (Å²) in [6.07, 6.45) is 3.57. The highest BCUT2D eigenvalue weighted by atomic mass is 35.5. The van der Waals surface area contributed by atoms with E-state index in [2.05, 4.69) is 15.6 Å². The van der Waals surface area contributed by atoms with Gasteiger partial charge in [-0.2, -0.15) is 0 Å². The fourth-order valence-corrected chi connectivity index (χ4v) is 5.44. The van der Waals surface area contributed by atoms with Crippen LogP contribution in [0, 0.1) is 26.2 Å². The molecule has 0 amide bonds. The minimum absolute atomic E-state index is 0.0475. The second-order valence-electron chi connectivity index (χ2n) is 6.69. The Morgan fingerprint density at radius 2 is 2.07 bits per heavy atom. The van der Waals surface area contributed by atoms with Crippen LogP contribution in [0.25, 0.3) is 11.8 Å². The second kappa shape index (κ2) is 7.35. The van der Waals surface area contributed by atoms with E-state index < -0.39 is 5.92 Å². The zero-order chi connectivity index (χ0) is 20.0. The number of thioether (sulfide) groups is 1. The van der Waals surface area contributed by atoms with Crippen molar-refractivity contribution in [2.75, 3.05) is 0 Å². The number of allylic oxidation sites excluding steroid dienone is 1. The maximum absolute atomic E-state index is 12.9. The summed E-state index contributed by atoms with van der Waals surface area (Å²) in [5.41, 5.74) is 5.12. The number of benzene rings is 1. The van der Waals surface area contributed by atoms with Crippen LogP contribution in [0.15, 0.2) is 40.7 Å². The summed E-state index contributed by atoms with van der Waals surface area (Å²) in [6.45, 7) is 6.08. The molecule has 1 aliphatic rings. The topological polar surface area (TPSA) is 58.7 Å². The molecule has 1 saturated heterocycles. The molecule has 1 aliphatic heterocycles. The van der Waals surface area contributed by atoms with Gasteiger partial charge in [-0.15, -0.1) is 11.3 Å². The standard InChI is InChI=1S/C21H18ClN3OS2/c1-11-9-14(13(3)25(11)16-6-4-5-15(22)12(16)2)10-17-19(26)18(20(23)28-17)21-24-7-8-27-21/h4-10,18,23H,1-3H3/b17-10-,23-20?/t18-/m1/s1. The summed E-state index contributed by atoms with van der Waals surface area (Å²) in [6, 6.07) is 7.94. The first-order valence-electron chi connectivity index (χ1n) is 8.74. The lowest BCUT2D eigenvalue weighted by Crippen LogP contribution is -2.11. The fourth-order valence-electron chi connectivity index (χ4n) is 3.47. The number of aromatic nitrogens is 2. The molecule has 1 atom stereocenters. The molecular formula is C21H18ClN3OS2. The van der Waals surface area contributed by atoms with E-state index in [1.807, 2.05) is 50.4 Å². The number of halogens is 1. The van der Waals surface area contributed by atoms with Gasteiger partial charge in [0.05, 0.1) is 9.95 Å². The van der Waals surface area contributed by atoms with Crippen molar-refractivity contribution in [1.82, 2.24) is 9.55 Å². The van der Waals surface area contributed by atoms with Crippen LogP contribution in [0.1, 0.15) is 33.4 Å². The Balaban J connectivity index is 1.75. The molecule has 1 N–H and O–H groups in total. The highest BCUT2D eigenvalue weighted by molar-refractivity contribution is 8.19. The number of carbonyl (C=O) groups excluding carboxylic acids is 1. The van der Waals surface area contributed by atoms with Gasteiger partial charge in [-0.25, -0.2) is 4.98 Å². The van der Waals surface area contributed by atoms with E-state index >= 15 is 0 Å². The largest absolute Gasteiger partial charge is 0.318 e. The number of aryl methyl sites for hydroxylation is 1. The number of ketones is 1. The van der Waals surface area contributed by atoms with E-state index in [0.717, 1.165) is 33.2 Å². The van der Waals surface area contributed by atoms with Crippen LogP contribution < -0.4 is 0 Å². The van der Waals surface area contributed by atoms with Gasteiger partial charge in [0.25, 0.3) is 0 Å². The van der Waals surface area contributed by atoms with Gasteiger partial charge in [-0.05, 0) is 56.2 Å². The molecule has 1 fully saturated rings. The molecule has 3 aromatic rings. The van der Waals surface area contributed by atoms with Crippen LogP contribution in [0.5, 0.6) is 0 Å². The van der Waals surface area contributed by atoms with E-state index in [1.54, 1.807) is 6.20 Å². The summed E-state index contributed by atoms with van der Waals surface area (Å²) in [5.74, 6) is -0.608. The van der Waals surface area contributed by atoms with Crippen LogP contribution >= 0.6 is 34.7 Å². The fraction of sp³-hybridized carbons (Fsp3) is 0.190. The van der Waals surface area contributed by atoms with E-state index in [1.165, 1.54) is 23.1 Å². The Labute approximate surface area is 176 Å². The van der Waals surface area contributed by atoms with Crippen molar-refractivity contribution in [2.24, 2.45) is 0 Å². The number of hydrogen-bond donors (Lipinski definition) is 1. The number of thiazole rings is 1. The molecule has 0 aliphatic carbocycles.